The van der Waals surface area contributed by atoms with Gasteiger partial charge in [-0.15, -0.1) is 0 Å². The van der Waals surface area contributed by atoms with E-state index in [0.717, 1.165) is 5.56 Å². The van der Waals surface area contributed by atoms with Crippen LogP contribution in [0, 0.1) is 29.1 Å². The van der Waals surface area contributed by atoms with Gasteiger partial charge in [0.05, 0.1) is 18.4 Å². The van der Waals surface area contributed by atoms with Gasteiger partial charge >= 0.3 is 0 Å². The normalized spacial score (nSPS) is 36.5. The van der Waals surface area contributed by atoms with Crippen LogP contribution < -0.4 is 0 Å². The summed E-state index contributed by atoms with van der Waals surface area (Å²) in [7, 11) is 0. The SMILES string of the molecule is O=C1[C@@H]2[C@H](C(=O)N1Cc1ccccc1Cl)[C@H]1C=C[C@H]2C12CC2. The van der Waals surface area contributed by atoms with Crippen molar-refractivity contribution in [3.8, 4) is 0 Å². The topological polar surface area (TPSA) is 37.4 Å². The fraction of sp³-hybridized carbons (Fsp3) is 0.444. The van der Waals surface area contributed by atoms with Gasteiger partial charge in [0, 0.05) is 5.02 Å². The van der Waals surface area contributed by atoms with Crippen LogP contribution in [0.3, 0.4) is 0 Å². The van der Waals surface area contributed by atoms with Gasteiger partial charge in [0.25, 0.3) is 0 Å². The first-order valence-corrected chi connectivity index (χ1v) is 8.28. The first-order valence-electron chi connectivity index (χ1n) is 7.90. The van der Waals surface area contributed by atoms with E-state index in [-0.39, 0.29) is 40.9 Å². The van der Waals surface area contributed by atoms with Crippen LogP contribution >= 0.6 is 11.6 Å². The van der Waals surface area contributed by atoms with Gasteiger partial charge in [-0.1, -0.05) is 42.0 Å². The first kappa shape index (κ1) is 12.9. The highest BCUT2D eigenvalue weighted by molar-refractivity contribution is 6.31. The fourth-order valence-corrected chi connectivity index (χ4v) is 5.29. The highest BCUT2D eigenvalue weighted by Gasteiger charge is 2.73. The van der Waals surface area contributed by atoms with Gasteiger partial charge in [0.2, 0.25) is 11.8 Å². The molecule has 3 aliphatic carbocycles. The van der Waals surface area contributed by atoms with Crippen LogP contribution in [0.2, 0.25) is 5.02 Å². The molecule has 1 spiro atoms. The molecule has 2 bridgehead atoms. The summed E-state index contributed by atoms with van der Waals surface area (Å²) in [6.45, 7) is 0.302. The molecule has 4 heteroatoms. The monoisotopic (exact) mass is 313 g/mol. The maximum Gasteiger partial charge on any atom is 0.234 e. The van der Waals surface area contributed by atoms with E-state index in [1.54, 1.807) is 6.07 Å². The quantitative estimate of drug-likeness (QED) is 0.621. The number of hydrogen-bond donors (Lipinski definition) is 0. The number of allylic oxidation sites excluding steroid dienone is 2. The minimum Gasteiger partial charge on any atom is -0.278 e. The first-order chi connectivity index (χ1) is 10.6. The Balaban J connectivity index is 1.48. The number of likely N-dealkylation sites (tertiary alicyclic amines) is 1. The summed E-state index contributed by atoms with van der Waals surface area (Å²) in [6, 6.07) is 7.42. The average molecular weight is 314 g/mol. The molecule has 1 saturated heterocycles. The van der Waals surface area contributed by atoms with E-state index in [1.165, 1.54) is 17.7 Å². The van der Waals surface area contributed by atoms with Gasteiger partial charge in [-0.05, 0) is 41.7 Å². The molecule has 3 fully saturated rings. The lowest BCUT2D eigenvalue weighted by atomic mass is 9.85. The summed E-state index contributed by atoms with van der Waals surface area (Å²) in [5, 5.41) is 0.611. The number of nitrogens with zero attached hydrogens (tertiary/aromatic N) is 1. The smallest absolute Gasteiger partial charge is 0.234 e. The Kier molecular flexibility index (Phi) is 2.35. The molecule has 0 radical (unpaired) electrons. The number of benzene rings is 1. The summed E-state index contributed by atoms with van der Waals surface area (Å²) in [5.74, 6) is 0.362. The molecule has 2 amide bonds. The van der Waals surface area contributed by atoms with Crippen LogP contribution in [-0.4, -0.2) is 16.7 Å². The molecule has 1 heterocycles. The second-order valence-electron chi connectivity index (χ2n) is 7.08. The van der Waals surface area contributed by atoms with Gasteiger partial charge in [0.15, 0.2) is 0 Å². The van der Waals surface area contributed by atoms with E-state index >= 15 is 0 Å². The highest BCUT2D eigenvalue weighted by Crippen LogP contribution is 2.73. The van der Waals surface area contributed by atoms with Crippen molar-refractivity contribution in [2.24, 2.45) is 29.1 Å². The minimum atomic E-state index is -0.118. The van der Waals surface area contributed by atoms with Crippen molar-refractivity contribution >= 4 is 23.4 Å². The van der Waals surface area contributed by atoms with Crippen molar-refractivity contribution in [1.29, 1.82) is 0 Å². The molecule has 1 aromatic rings. The molecule has 2 saturated carbocycles. The molecular formula is C18H16ClNO2. The zero-order chi connectivity index (χ0) is 15.1. The summed E-state index contributed by atoms with van der Waals surface area (Å²) < 4.78 is 0. The maximum absolute atomic E-state index is 12.8. The summed E-state index contributed by atoms with van der Waals surface area (Å²) in [5.41, 5.74) is 1.10. The summed E-state index contributed by atoms with van der Waals surface area (Å²) in [6.07, 6.45) is 6.74. The Morgan fingerprint density at radius 3 is 2.18 bits per heavy atom. The number of carbonyl (C=O) groups excluding carboxylic acids is 2. The summed E-state index contributed by atoms with van der Waals surface area (Å²) in [4.78, 5) is 27.1. The molecule has 0 N–H and O–H groups in total. The molecule has 1 aliphatic heterocycles. The Morgan fingerprint density at radius 2 is 1.64 bits per heavy atom. The highest BCUT2D eigenvalue weighted by atomic mass is 35.5. The Hall–Kier alpha value is -1.61. The lowest BCUT2D eigenvalue weighted by molar-refractivity contribution is -0.141. The zero-order valence-electron chi connectivity index (χ0n) is 12.0. The second-order valence-corrected chi connectivity index (χ2v) is 7.48. The number of rotatable bonds is 2. The van der Waals surface area contributed by atoms with Gasteiger partial charge < -0.3 is 0 Å². The number of hydrogen-bond acceptors (Lipinski definition) is 2. The number of imide groups is 1. The van der Waals surface area contributed by atoms with E-state index in [9.17, 15) is 9.59 Å². The molecule has 1 aromatic carbocycles. The van der Waals surface area contributed by atoms with Crippen LogP contribution in [0.15, 0.2) is 36.4 Å². The van der Waals surface area contributed by atoms with E-state index in [0.29, 0.717) is 11.6 Å². The van der Waals surface area contributed by atoms with E-state index in [2.05, 4.69) is 12.2 Å². The number of halogens is 1. The maximum atomic E-state index is 12.8. The van der Waals surface area contributed by atoms with Gasteiger partial charge in [-0.2, -0.15) is 0 Å². The lowest BCUT2D eigenvalue weighted by Crippen LogP contribution is -2.34. The van der Waals surface area contributed by atoms with Crippen molar-refractivity contribution < 1.29 is 9.59 Å². The predicted molar refractivity (Wildman–Crippen MR) is 81.8 cm³/mol. The van der Waals surface area contributed by atoms with Crippen molar-refractivity contribution in [2.45, 2.75) is 19.4 Å². The fourth-order valence-electron chi connectivity index (χ4n) is 5.09. The average Bonchev–Trinajstić information content (AvgIpc) is 3.12. The third kappa shape index (κ3) is 1.38. The molecular weight excluding hydrogens is 298 g/mol. The molecule has 4 atom stereocenters. The Bertz CT molecular complexity index is 702. The predicted octanol–water partition coefficient (Wildman–Crippen LogP) is 3.04. The van der Waals surface area contributed by atoms with E-state index < -0.39 is 0 Å². The van der Waals surface area contributed by atoms with Crippen LogP contribution in [-0.2, 0) is 16.1 Å². The van der Waals surface area contributed by atoms with Crippen molar-refractivity contribution in [1.82, 2.24) is 4.90 Å². The third-order valence-corrected chi connectivity index (χ3v) is 6.60. The van der Waals surface area contributed by atoms with Crippen LogP contribution in [0.1, 0.15) is 18.4 Å². The van der Waals surface area contributed by atoms with Crippen molar-refractivity contribution in [2.75, 3.05) is 0 Å². The molecule has 3 nitrogen and oxygen atoms in total. The molecule has 0 unspecified atom stereocenters. The third-order valence-electron chi connectivity index (χ3n) is 6.23. The van der Waals surface area contributed by atoms with E-state index in [1.807, 2.05) is 18.2 Å². The lowest BCUT2D eigenvalue weighted by Gasteiger charge is -2.22. The molecule has 0 aromatic heterocycles. The number of carbonyl (C=O) groups is 2. The Labute approximate surface area is 133 Å². The minimum absolute atomic E-state index is 0.0121. The van der Waals surface area contributed by atoms with Gasteiger partial charge in [-0.3, -0.25) is 14.5 Å². The van der Waals surface area contributed by atoms with Crippen molar-refractivity contribution in [3.63, 3.8) is 0 Å². The summed E-state index contributed by atoms with van der Waals surface area (Å²) >= 11 is 6.18. The molecule has 5 rings (SSSR count). The van der Waals surface area contributed by atoms with E-state index in [4.69, 9.17) is 11.6 Å². The van der Waals surface area contributed by atoms with Crippen LogP contribution in [0.5, 0.6) is 0 Å². The largest absolute Gasteiger partial charge is 0.278 e. The van der Waals surface area contributed by atoms with Crippen LogP contribution in [0.4, 0.5) is 0 Å². The van der Waals surface area contributed by atoms with Crippen LogP contribution in [0.25, 0.3) is 0 Å². The Morgan fingerprint density at radius 1 is 1.05 bits per heavy atom. The number of amides is 2. The van der Waals surface area contributed by atoms with Gasteiger partial charge in [0.1, 0.15) is 0 Å². The van der Waals surface area contributed by atoms with Gasteiger partial charge in [-0.25, -0.2) is 0 Å². The molecule has 22 heavy (non-hydrogen) atoms. The molecule has 112 valence electrons. The second kappa shape index (κ2) is 4.02. The zero-order valence-corrected chi connectivity index (χ0v) is 12.8. The standard InChI is InChI=1S/C18H16ClNO2/c19-13-4-2-1-3-10(13)9-20-16(21)14-11-5-6-12(15(14)17(20)22)18(11)7-8-18/h1-6,11-12,14-15H,7-9H2/t11-,12-,14-,15+/m1/s1. The number of fused-ring (bicyclic) bond motifs is 3. The molecule has 4 aliphatic rings. The van der Waals surface area contributed by atoms with Crippen molar-refractivity contribution in [3.05, 3.63) is 47.0 Å².